The third-order valence-electron chi connectivity index (χ3n) is 5.35. The Labute approximate surface area is 155 Å². The third kappa shape index (κ3) is 3.85. The molecule has 1 amide bonds. The molecular formula is C22H26N2O2. The summed E-state index contributed by atoms with van der Waals surface area (Å²) in [6.07, 6.45) is 5.98. The topological polar surface area (TPSA) is 41.6 Å². The van der Waals surface area contributed by atoms with Crippen LogP contribution in [-0.2, 0) is 24.2 Å². The van der Waals surface area contributed by atoms with E-state index < -0.39 is 0 Å². The standard InChI is InChI=1S/C22H26N2O2/c25-22(16-26-20-11-10-17-7-5-8-18(17)14-20)23-15-19-6-1-2-9-21(19)24-12-3-4-13-24/h1-2,6,9-11,14H,3-5,7-8,12-13,15-16H2,(H,23,25). The van der Waals surface area contributed by atoms with E-state index in [0.29, 0.717) is 6.54 Å². The molecule has 1 heterocycles. The highest BCUT2D eigenvalue weighted by Gasteiger charge is 2.16. The van der Waals surface area contributed by atoms with E-state index in [1.165, 1.54) is 41.6 Å². The van der Waals surface area contributed by atoms with E-state index in [2.05, 4.69) is 40.5 Å². The first kappa shape index (κ1) is 17.0. The van der Waals surface area contributed by atoms with E-state index in [1.807, 2.05) is 12.1 Å². The van der Waals surface area contributed by atoms with Crippen molar-refractivity contribution < 1.29 is 9.53 Å². The minimum Gasteiger partial charge on any atom is -0.484 e. The summed E-state index contributed by atoms with van der Waals surface area (Å²) in [5, 5.41) is 2.99. The van der Waals surface area contributed by atoms with Crippen molar-refractivity contribution in [2.24, 2.45) is 0 Å². The Balaban J connectivity index is 1.30. The van der Waals surface area contributed by atoms with Crippen LogP contribution in [0.1, 0.15) is 36.0 Å². The molecule has 2 aromatic carbocycles. The molecule has 0 saturated carbocycles. The fraction of sp³-hybridized carbons (Fsp3) is 0.409. The molecule has 4 heteroatoms. The lowest BCUT2D eigenvalue weighted by atomic mass is 10.1. The lowest BCUT2D eigenvalue weighted by Crippen LogP contribution is -2.29. The number of ether oxygens (including phenoxy) is 1. The summed E-state index contributed by atoms with van der Waals surface area (Å²) in [6.45, 7) is 2.81. The van der Waals surface area contributed by atoms with Crippen molar-refractivity contribution in [2.45, 2.75) is 38.6 Å². The van der Waals surface area contributed by atoms with Crippen LogP contribution in [0, 0.1) is 0 Å². The maximum absolute atomic E-state index is 12.2. The van der Waals surface area contributed by atoms with Crippen molar-refractivity contribution in [3.8, 4) is 5.75 Å². The lowest BCUT2D eigenvalue weighted by molar-refractivity contribution is -0.123. The number of amides is 1. The van der Waals surface area contributed by atoms with Crippen LogP contribution >= 0.6 is 0 Å². The van der Waals surface area contributed by atoms with Crippen molar-refractivity contribution in [3.63, 3.8) is 0 Å². The fourth-order valence-corrected chi connectivity index (χ4v) is 3.96. The molecule has 2 aliphatic rings. The normalized spacial score (nSPS) is 15.8. The zero-order chi connectivity index (χ0) is 17.8. The smallest absolute Gasteiger partial charge is 0.258 e. The minimum atomic E-state index is -0.0817. The number of anilines is 1. The first-order valence-corrected chi connectivity index (χ1v) is 9.64. The highest BCUT2D eigenvalue weighted by atomic mass is 16.5. The molecule has 1 aliphatic heterocycles. The zero-order valence-electron chi connectivity index (χ0n) is 15.2. The molecule has 0 aromatic heterocycles. The van der Waals surface area contributed by atoms with Gasteiger partial charge in [-0.3, -0.25) is 4.79 Å². The van der Waals surface area contributed by atoms with Gasteiger partial charge >= 0.3 is 0 Å². The Kier molecular flexibility index (Phi) is 5.09. The Morgan fingerprint density at radius 1 is 1.00 bits per heavy atom. The summed E-state index contributed by atoms with van der Waals surface area (Å²) in [7, 11) is 0. The van der Waals surface area contributed by atoms with Crippen LogP contribution in [0.5, 0.6) is 5.75 Å². The van der Waals surface area contributed by atoms with E-state index in [9.17, 15) is 4.79 Å². The Morgan fingerprint density at radius 2 is 1.81 bits per heavy atom. The van der Waals surface area contributed by atoms with Crippen molar-refractivity contribution in [3.05, 3.63) is 59.2 Å². The molecular weight excluding hydrogens is 324 g/mol. The fourth-order valence-electron chi connectivity index (χ4n) is 3.96. The number of rotatable bonds is 6. The Hall–Kier alpha value is -2.49. The molecule has 1 saturated heterocycles. The van der Waals surface area contributed by atoms with Crippen LogP contribution in [0.25, 0.3) is 0 Å². The average Bonchev–Trinajstić information content (AvgIpc) is 3.36. The molecule has 4 rings (SSSR count). The minimum absolute atomic E-state index is 0.0602. The van der Waals surface area contributed by atoms with Gasteiger partial charge in [-0.2, -0.15) is 0 Å². The van der Waals surface area contributed by atoms with Gasteiger partial charge in [0.25, 0.3) is 5.91 Å². The maximum Gasteiger partial charge on any atom is 0.258 e. The molecule has 1 fully saturated rings. The maximum atomic E-state index is 12.2. The predicted molar refractivity (Wildman–Crippen MR) is 104 cm³/mol. The second kappa shape index (κ2) is 7.81. The molecule has 4 nitrogen and oxygen atoms in total. The number of carbonyl (C=O) groups is 1. The lowest BCUT2D eigenvalue weighted by Gasteiger charge is -2.21. The van der Waals surface area contributed by atoms with Crippen LogP contribution in [-0.4, -0.2) is 25.6 Å². The first-order valence-electron chi connectivity index (χ1n) is 9.64. The molecule has 0 bridgehead atoms. The molecule has 0 radical (unpaired) electrons. The van der Waals surface area contributed by atoms with Crippen LogP contribution in [0.2, 0.25) is 0 Å². The van der Waals surface area contributed by atoms with E-state index in [-0.39, 0.29) is 12.5 Å². The van der Waals surface area contributed by atoms with Crippen LogP contribution < -0.4 is 15.0 Å². The summed E-state index contributed by atoms with van der Waals surface area (Å²) in [6, 6.07) is 14.5. The van der Waals surface area contributed by atoms with Gasteiger partial charge in [-0.15, -0.1) is 0 Å². The predicted octanol–water partition coefficient (Wildman–Crippen LogP) is 3.47. The van der Waals surface area contributed by atoms with E-state index >= 15 is 0 Å². The van der Waals surface area contributed by atoms with Gasteiger partial charge < -0.3 is 15.0 Å². The number of benzene rings is 2. The number of hydrogen-bond acceptors (Lipinski definition) is 3. The molecule has 136 valence electrons. The Bertz CT molecular complexity index is 781. The molecule has 0 spiro atoms. The summed E-state index contributed by atoms with van der Waals surface area (Å²) in [4.78, 5) is 14.6. The SMILES string of the molecule is O=C(COc1ccc2c(c1)CCC2)NCc1ccccc1N1CCCC1. The monoisotopic (exact) mass is 350 g/mol. The summed E-state index contributed by atoms with van der Waals surface area (Å²) in [5.41, 5.74) is 5.19. The first-order chi connectivity index (χ1) is 12.8. The number of nitrogens with zero attached hydrogens (tertiary/aromatic N) is 1. The van der Waals surface area contributed by atoms with Crippen molar-refractivity contribution in [1.29, 1.82) is 0 Å². The number of hydrogen-bond donors (Lipinski definition) is 1. The second-order valence-electron chi connectivity index (χ2n) is 7.17. The molecule has 26 heavy (non-hydrogen) atoms. The summed E-state index contributed by atoms with van der Waals surface area (Å²) in [5.74, 6) is 0.708. The third-order valence-corrected chi connectivity index (χ3v) is 5.35. The van der Waals surface area contributed by atoms with Gasteiger partial charge in [-0.05, 0) is 67.0 Å². The van der Waals surface area contributed by atoms with Crippen LogP contribution in [0.15, 0.2) is 42.5 Å². The Morgan fingerprint density at radius 3 is 2.69 bits per heavy atom. The summed E-state index contributed by atoms with van der Waals surface area (Å²) >= 11 is 0. The number of para-hydroxylation sites is 1. The number of carbonyl (C=O) groups excluding carboxylic acids is 1. The van der Waals surface area contributed by atoms with Gasteiger partial charge in [0, 0.05) is 25.3 Å². The van der Waals surface area contributed by atoms with Gasteiger partial charge in [0.2, 0.25) is 0 Å². The van der Waals surface area contributed by atoms with E-state index in [1.54, 1.807) is 0 Å². The largest absolute Gasteiger partial charge is 0.484 e. The molecule has 0 unspecified atom stereocenters. The van der Waals surface area contributed by atoms with Gasteiger partial charge in [0.1, 0.15) is 5.75 Å². The van der Waals surface area contributed by atoms with E-state index in [0.717, 1.165) is 31.7 Å². The number of nitrogens with one attached hydrogen (secondary N) is 1. The molecule has 1 N–H and O–H groups in total. The van der Waals surface area contributed by atoms with Crippen molar-refractivity contribution >= 4 is 11.6 Å². The zero-order valence-corrected chi connectivity index (χ0v) is 15.2. The van der Waals surface area contributed by atoms with Gasteiger partial charge in [0.15, 0.2) is 6.61 Å². The summed E-state index contributed by atoms with van der Waals surface area (Å²) < 4.78 is 5.69. The van der Waals surface area contributed by atoms with Gasteiger partial charge in [0.05, 0.1) is 0 Å². The molecule has 1 aliphatic carbocycles. The van der Waals surface area contributed by atoms with E-state index in [4.69, 9.17) is 4.74 Å². The van der Waals surface area contributed by atoms with Gasteiger partial charge in [-0.1, -0.05) is 24.3 Å². The number of fused-ring (bicyclic) bond motifs is 1. The molecule has 0 atom stereocenters. The second-order valence-corrected chi connectivity index (χ2v) is 7.17. The highest BCUT2D eigenvalue weighted by Crippen LogP contribution is 2.26. The number of aryl methyl sites for hydroxylation is 2. The average molecular weight is 350 g/mol. The van der Waals surface area contributed by atoms with Crippen molar-refractivity contribution in [1.82, 2.24) is 5.32 Å². The highest BCUT2D eigenvalue weighted by molar-refractivity contribution is 5.77. The quantitative estimate of drug-likeness (QED) is 0.867. The van der Waals surface area contributed by atoms with Crippen LogP contribution in [0.4, 0.5) is 5.69 Å². The van der Waals surface area contributed by atoms with Crippen molar-refractivity contribution in [2.75, 3.05) is 24.6 Å². The molecule has 2 aromatic rings. The van der Waals surface area contributed by atoms with Crippen LogP contribution in [0.3, 0.4) is 0 Å². The van der Waals surface area contributed by atoms with Gasteiger partial charge in [-0.25, -0.2) is 0 Å².